The van der Waals surface area contributed by atoms with Gasteiger partial charge in [0.05, 0.1) is 16.6 Å². The van der Waals surface area contributed by atoms with Gasteiger partial charge in [0.25, 0.3) is 5.91 Å². The average molecular weight is 473 g/mol. The topological polar surface area (TPSA) is 91.7 Å². The van der Waals surface area contributed by atoms with Crippen molar-refractivity contribution in [2.75, 3.05) is 25.5 Å². The van der Waals surface area contributed by atoms with E-state index in [9.17, 15) is 19.2 Å². The van der Waals surface area contributed by atoms with E-state index in [0.717, 1.165) is 20.7 Å². The van der Waals surface area contributed by atoms with Crippen LogP contribution in [0.4, 0.5) is 5.69 Å². The Hall–Kier alpha value is -3.36. The Morgan fingerprint density at radius 3 is 2.56 bits per heavy atom. The molecule has 2 heterocycles. The Balaban J connectivity index is 1.41. The second kappa shape index (κ2) is 8.64. The number of rotatable bonds is 5. The van der Waals surface area contributed by atoms with Crippen molar-refractivity contribution < 1.29 is 19.2 Å². The first kappa shape index (κ1) is 21.9. The number of aromatic nitrogens is 1. The molecule has 2 aromatic carbocycles. The van der Waals surface area contributed by atoms with E-state index in [0.29, 0.717) is 16.4 Å². The van der Waals surface area contributed by atoms with Crippen molar-refractivity contribution in [2.24, 2.45) is 0 Å². The van der Waals surface area contributed by atoms with Gasteiger partial charge in [-0.15, -0.1) is 0 Å². The van der Waals surface area contributed by atoms with E-state index in [4.69, 9.17) is 23.2 Å². The monoisotopic (exact) mass is 472 g/mol. The number of hydrogen-bond acceptors (Lipinski definition) is 4. The summed E-state index contributed by atoms with van der Waals surface area (Å²) in [6.07, 6.45) is 0. The number of nitrogens with zero attached hydrogens (tertiary/aromatic N) is 3. The van der Waals surface area contributed by atoms with Gasteiger partial charge in [-0.1, -0.05) is 41.4 Å². The summed E-state index contributed by atoms with van der Waals surface area (Å²) < 4.78 is 1.65. The highest BCUT2D eigenvalue weighted by molar-refractivity contribution is 6.42. The summed E-state index contributed by atoms with van der Waals surface area (Å²) in [6.45, 7) is -0.755. The van der Waals surface area contributed by atoms with E-state index >= 15 is 0 Å². The summed E-state index contributed by atoms with van der Waals surface area (Å²) in [4.78, 5) is 52.5. The fraction of sp³-hybridized carbons (Fsp3) is 0.182. The van der Waals surface area contributed by atoms with Crippen LogP contribution in [-0.2, 0) is 20.9 Å². The molecule has 0 radical (unpaired) electrons. The fourth-order valence-corrected chi connectivity index (χ4v) is 3.82. The first-order chi connectivity index (χ1) is 15.2. The number of para-hydroxylation sites is 1. The molecule has 164 valence electrons. The van der Waals surface area contributed by atoms with Gasteiger partial charge in [0.1, 0.15) is 18.8 Å². The Labute approximate surface area is 193 Å². The molecule has 0 fully saturated rings. The number of halogens is 2. The zero-order valence-electron chi connectivity index (χ0n) is 17.0. The smallest absolute Gasteiger partial charge is 0.277 e. The van der Waals surface area contributed by atoms with Gasteiger partial charge in [-0.25, -0.2) is 0 Å². The number of amides is 4. The van der Waals surface area contributed by atoms with Crippen LogP contribution in [0.5, 0.6) is 0 Å². The predicted octanol–water partition coefficient (Wildman–Crippen LogP) is 3.03. The molecule has 32 heavy (non-hydrogen) atoms. The standard InChI is InChI=1S/C22H18Cl2N4O4/c1-26(10-19(29)25-14-6-7-15(23)16(24)9-14)20(30)11-28-21(31)12-27-17-5-3-2-4-13(17)8-18(27)22(28)32/h2-9H,10-12H2,1H3,(H,25,29). The second-order valence-corrected chi connectivity index (χ2v) is 8.20. The number of anilines is 1. The van der Waals surface area contributed by atoms with Crippen LogP contribution in [0.3, 0.4) is 0 Å². The third-order valence-corrected chi connectivity index (χ3v) is 5.91. The number of nitrogens with one attached hydrogen (secondary N) is 1. The highest BCUT2D eigenvalue weighted by Gasteiger charge is 2.34. The molecule has 8 nitrogen and oxygen atoms in total. The Morgan fingerprint density at radius 2 is 1.81 bits per heavy atom. The van der Waals surface area contributed by atoms with Crippen LogP contribution in [0, 0.1) is 0 Å². The van der Waals surface area contributed by atoms with Gasteiger partial charge < -0.3 is 14.8 Å². The maximum atomic E-state index is 12.9. The summed E-state index contributed by atoms with van der Waals surface area (Å²) in [5, 5.41) is 4.10. The summed E-state index contributed by atoms with van der Waals surface area (Å²) in [5.41, 5.74) is 1.56. The first-order valence-corrected chi connectivity index (χ1v) is 10.4. The highest BCUT2D eigenvalue weighted by Crippen LogP contribution is 2.26. The molecule has 4 amide bonds. The normalized spacial score (nSPS) is 13.3. The first-order valence-electron chi connectivity index (χ1n) is 9.66. The molecule has 10 heteroatoms. The zero-order chi connectivity index (χ0) is 23.0. The van der Waals surface area contributed by atoms with Gasteiger partial charge in [0.15, 0.2) is 0 Å². The SMILES string of the molecule is CN(CC(=O)Nc1ccc(Cl)c(Cl)c1)C(=O)CN1C(=O)Cn2c(cc3ccccc32)C1=O. The number of benzene rings is 2. The molecular weight excluding hydrogens is 455 g/mol. The fourth-order valence-electron chi connectivity index (χ4n) is 3.52. The van der Waals surface area contributed by atoms with Crippen molar-refractivity contribution in [3.05, 3.63) is 64.3 Å². The lowest BCUT2D eigenvalue weighted by Gasteiger charge is -2.28. The summed E-state index contributed by atoms with van der Waals surface area (Å²) in [5.74, 6) is -2.03. The average Bonchev–Trinajstić information content (AvgIpc) is 3.12. The van der Waals surface area contributed by atoms with Crippen molar-refractivity contribution in [1.29, 1.82) is 0 Å². The number of carbonyl (C=O) groups excluding carboxylic acids is 4. The Kier molecular flexibility index (Phi) is 5.90. The van der Waals surface area contributed by atoms with Crippen molar-refractivity contribution in [3.63, 3.8) is 0 Å². The third kappa shape index (κ3) is 4.19. The predicted molar refractivity (Wildman–Crippen MR) is 121 cm³/mol. The molecule has 4 rings (SSSR count). The van der Waals surface area contributed by atoms with E-state index in [1.54, 1.807) is 22.8 Å². The van der Waals surface area contributed by atoms with E-state index in [1.165, 1.54) is 13.1 Å². The summed E-state index contributed by atoms with van der Waals surface area (Å²) >= 11 is 11.8. The van der Waals surface area contributed by atoms with Gasteiger partial charge in [-0.2, -0.15) is 0 Å². The van der Waals surface area contributed by atoms with Crippen LogP contribution >= 0.6 is 23.2 Å². The highest BCUT2D eigenvalue weighted by atomic mass is 35.5. The largest absolute Gasteiger partial charge is 0.335 e. The third-order valence-electron chi connectivity index (χ3n) is 5.17. The Morgan fingerprint density at radius 1 is 1.06 bits per heavy atom. The lowest BCUT2D eigenvalue weighted by atomic mass is 10.2. The number of imide groups is 1. The second-order valence-electron chi connectivity index (χ2n) is 7.39. The molecule has 0 atom stereocenters. The van der Waals surface area contributed by atoms with E-state index < -0.39 is 30.2 Å². The molecule has 0 aliphatic carbocycles. The number of hydrogen-bond donors (Lipinski definition) is 1. The van der Waals surface area contributed by atoms with Gasteiger partial charge in [-0.05, 0) is 30.3 Å². The molecule has 1 aliphatic heterocycles. The molecule has 1 aliphatic rings. The molecule has 0 spiro atoms. The molecule has 1 aromatic heterocycles. The molecule has 3 aromatic rings. The van der Waals surface area contributed by atoms with Gasteiger partial charge >= 0.3 is 0 Å². The van der Waals surface area contributed by atoms with E-state index in [1.807, 2.05) is 24.3 Å². The molecule has 0 saturated heterocycles. The Bertz CT molecular complexity index is 1270. The van der Waals surface area contributed by atoms with Gasteiger partial charge in [0, 0.05) is 23.6 Å². The quantitative estimate of drug-likeness (QED) is 0.577. The van der Waals surface area contributed by atoms with Crippen molar-refractivity contribution in [1.82, 2.24) is 14.4 Å². The molecule has 0 unspecified atom stereocenters. The molecule has 0 saturated carbocycles. The minimum absolute atomic E-state index is 0.0383. The molecule has 1 N–H and O–H groups in total. The van der Waals surface area contributed by atoms with E-state index in [-0.39, 0.29) is 18.1 Å². The minimum Gasteiger partial charge on any atom is -0.335 e. The number of fused-ring (bicyclic) bond motifs is 3. The van der Waals surface area contributed by atoms with Crippen LogP contribution in [0.25, 0.3) is 10.9 Å². The van der Waals surface area contributed by atoms with Crippen LogP contribution in [0.2, 0.25) is 10.0 Å². The maximum Gasteiger partial charge on any atom is 0.277 e. The van der Waals surface area contributed by atoms with Crippen LogP contribution in [0.15, 0.2) is 48.5 Å². The summed E-state index contributed by atoms with van der Waals surface area (Å²) in [6, 6.07) is 13.7. The number of carbonyl (C=O) groups is 4. The van der Waals surface area contributed by atoms with E-state index in [2.05, 4.69) is 5.32 Å². The lowest BCUT2D eigenvalue weighted by Crippen LogP contribution is -2.50. The summed E-state index contributed by atoms with van der Waals surface area (Å²) in [7, 11) is 1.42. The van der Waals surface area contributed by atoms with Crippen molar-refractivity contribution >= 4 is 63.4 Å². The minimum atomic E-state index is -0.542. The molecular formula is C22H18Cl2N4O4. The number of likely N-dealkylation sites (N-methyl/N-ethyl adjacent to an activating group) is 1. The van der Waals surface area contributed by atoms with Gasteiger partial charge in [0.2, 0.25) is 17.7 Å². The van der Waals surface area contributed by atoms with Gasteiger partial charge in [-0.3, -0.25) is 24.1 Å². The molecule has 0 bridgehead atoms. The lowest BCUT2D eigenvalue weighted by molar-refractivity contribution is -0.139. The van der Waals surface area contributed by atoms with Crippen LogP contribution in [0.1, 0.15) is 10.5 Å². The van der Waals surface area contributed by atoms with Crippen LogP contribution < -0.4 is 5.32 Å². The zero-order valence-corrected chi connectivity index (χ0v) is 18.5. The van der Waals surface area contributed by atoms with Crippen molar-refractivity contribution in [2.45, 2.75) is 6.54 Å². The van der Waals surface area contributed by atoms with Crippen molar-refractivity contribution in [3.8, 4) is 0 Å². The maximum absolute atomic E-state index is 12.9. The van der Waals surface area contributed by atoms with Crippen LogP contribution in [-0.4, -0.2) is 58.1 Å².